The molecule has 0 saturated carbocycles. The summed E-state index contributed by atoms with van der Waals surface area (Å²) in [6.07, 6.45) is 5.95. The Bertz CT molecular complexity index is 482. The molecule has 2 saturated heterocycles. The van der Waals surface area contributed by atoms with Gasteiger partial charge in [-0.3, -0.25) is 9.97 Å². The van der Waals surface area contributed by atoms with Crippen molar-refractivity contribution in [1.82, 2.24) is 15.3 Å². The van der Waals surface area contributed by atoms with Crippen LogP contribution >= 0.6 is 0 Å². The molecule has 2 aliphatic heterocycles. The quantitative estimate of drug-likeness (QED) is 0.830. The Kier molecular flexibility index (Phi) is 3.80. The molecular weight excluding hydrogens is 265 g/mol. The minimum atomic E-state index is -0.426. The number of rotatable bonds is 2. The standard InChI is InChI=1S/C15H24BN3O2/c1-14(2)15(3,4)21-16(20-14)13-10-18-12(9-19-13)11-5-7-17-8-6-11/h9-11,17H,5-8H2,1-4H3. The van der Waals surface area contributed by atoms with Gasteiger partial charge < -0.3 is 14.6 Å². The van der Waals surface area contributed by atoms with Crippen molar-refractivity contribution in [2.75, 3.05) is 13.1 Å². The number of piperidine rings is 1. The number of hydrogen-bond acceptors (Lipinski definition) is 5. The lowest BCUT2D eigenvalue weighted by Crippen LogP contribution is -2.41. The fourth-order valence-electron chi connectivity index (χ4n) is 2.76. The van der Waals surface area contributed by atoms with Gasteiger partial charge in [-0.15, -0.1) is 0 Å². The van der Waals surface area contributed by atoms with E-state index in [1.165, 1.54) is 0 Å². The smallest absolute Gasteiger partial charge is 0.398 e. The Hall–Kier alpha value is -0.975. The van der Waals surface area contributed by atoms with E-state index in [4.69, 9.17) is 9.31 Å². The fraction of sp³-hybridized carbons (Fsp3) is 0.733. The maximum Gasteiger partial charge on any atom is 0.516 e. The van der Waals surface area contributed by atoms with Crippen LogP contribution in [0.15, 0.2) is 12.4 Å². The highest BCUT2D eigenvalue weighted by molar-refractivity contribution is 6.61. The zero-order valence-corrected chi connectivity index (χ0v) is 13.3. The summed E-state index contributed by atoms with van der Waals surface area (Å²) in [7, 11) is -0.426. The van der Waals surface area contributed by atoms with E-state index >= 15 is 0 Å². The molecule has 5 nitrogen and oxygen atoms in total. The van der Waals surface area contributed by atoms with Crippen LogP contribution in [0.2, 0.25) is 0 Å². The van der Waals surface area contributed by atoms with Crippen LogP contribution in [0, 0.1) is 0 Å². The van der Waals surface area contributed by atoms with E-state index in [-0.39, 0.29) is 11.2 Å². The van der Waals surface area contributed by atoms with E-state index in [0.717, 1.165) is 37.2 Å². The lowest BCUT2D eigenvalue weighted by atomic mass is 9.85. The van der Waals surface area contributed by atoms with Gasteiger partial charge in [0.05, 0.1) is 22.5 Å². The lowest BCUT2D eigenvalue weighted by Gasteiger charge is -2.32. The number of aromatic nitrogens is 2. The number of nitrogens with one attached hydrogen (secondary N) is 1. The molecular formula is C15H24BN3O2. The zero-order chi connectivity index (χ0) is 15.1. The molecule has 1 N–H and O–H groups in total. The van der Waals surface area contributed by atoms with Crippen molar-refractivity contribution in [3.8, 4) is 0 Å². The third-order valence-corrected chi connectivity index (χ3v) is 4.94. The highest BCUT2D eigenvalue weighted by Crippen LogP contribution is 2.36. The summed E-state index contributed by atoms with van der Waals surface area (Å²) >= 11 is 0. The van der Waals surface area contributed by atoms with E-state index in [1.54, 1.807) is 6.20 Å². The van der Waals surface area contributed by atoms with Crippen molar-refractivity contribution in [1.29, 1.82) is 0 Å². The van der Waals surface area contributed by atoms with Crippen LogP contribution in [0.1, 0.15) is 52.1 Å². The minimum Gasteiger partial charge on any atom is -0.398 e. The summed E-state index contributed by atoms with van der Waals surface area (Å²) in [4.78, 5) is 9.13. The van der Waals surface area contributed by atoms with Crippen LogP contribution in [-0.2, 0) is 9.31 Å². The average molecular weight is 289 g/mol. The predicted octanol–water partition coefficient (Wildman–Crippen LogP) is 1.24. The Labute approximate surface area is 127 Å². The van der Waals surface area contributed by atoms with Gasteiger partial charge in [0.2, 0.25) is 0 Å². The first-order chi connectivity index (χ1) is 9.89. The highest BCUT2D eigenvalue weighted by Gasteiger charge is 2.52. The summed E-state index contributed by atoms with van der Waals surface area (Å²) in [5.74, 6) is 0.520. The van der Waals surface area contributed by atoms with Crippen LogP contribution in [0.3, 0.4) is 0 Å². The number of hydrogen-bond donors (Lipinski definition) is 1. The summed E-state index contributed by atoms with van der Waals surface area (Å²) in [5.41, 5.74) is 1.16. The van der Waals surface area contributed by atoms with Gasteiger partial charge in [-0.25, -0.2) is 0 Å². The molecule has 0 unspecified atom stereocenters. The molecule has 0 bridgehead atoms. The first-order valence-electron chi connectivity index (χ1n) is 7.77. The normalized spacial score (nSPS) is 25.2. The molecule has 2 aliphatic rings. The second-order valence-electron chi connectivity index (χ2n) is 6.98. The summed E-state index contributed by atoms with van der Waals surface area (Å²) in [5, 5.41) is 3.37. The molecule has 0 atom stereocenters. The molecule has 1 aromatic heterocycles. The molecule has 6 heteroatoms. The van der Waals surface area contributed by atoms with E-state index < -0.39 is 7.12 Å². The van der Waals surface area contributed by atoms with Gasteiger partial charge in [0.1, 0.15) is 0 Å². The van der Waals surface area contributed by atoms with Crippen LogP contribution in [0.25, 0.3) is 0 Å². The van der Waals surface area contributed by atoms with Crippen LogP contribution in [0.4, 0.5) is 0 Å². The van der Waals surface area contributed by atoms with Crippen molar-refractivity contribution < 1.29 is 9.31 Å². The van der Waals surface area contributed by atoms with E-state index in [1.807, 2.05) is 33.9 Å². The monoisotopic (exact) mass is 289 g/mol. The van der Waals surface area contributed by atoms with Crippen LogP contribution in [0.5, 0.6) is 0 Å². The second-order valence-corrected chi connectivity index (χ2v) is 6.98. The topological polar surface area (TPSA) is 56.3 Å². The molecule has 0 aromatic carbocycles. The molecule has 3 heterocycles. The molecule has 3 rings (SSSR count). The third-order valence-electron chi connectivity index (χ3n) is 4.94. The third kappa shape index (κ3) is 2.85. The predicted molar refractivity (Wildman–Crippen MR) is 82.6 cm³/mol. The van der Waals surface area contributed by atoms with Crippen molar-refractivity contribution in [2.45, 2.75) is 57.7 Å². The lowest BCUT2D eigenvalue weighted by molar-refractivity contribution is 0.00578. The molecule has 0 radical (unpaired) electrons. The van der Waals surface area contributed by atoms with Crippen LogP contribution < -0.4 is 10.9 Å². The van der Waals surface area contributed by atoms with Crippen molar-refractivity contribution in [2.24, 2.45) is 0 Å². The van der Waals surface area contributed by atoms with Crippen molar-refractivity contribution in [3.05, 3.63) is 18.1 Å². The zero-order valence-electron chi connectivity index (χ0n) is 13.3. The van der Waals surface area contributed by atoms with Crippen LogP contribution in [-0.4, -0.2) is 41.4 Å². The van der Waals surface area contributed by atoms with Gasteiger partial charge in [0.25, 0.3) is 0 Å². The Morgan fingerprint density at radius 3 is 2.19 bits per heavy atom. The summed E-state index contributed by atoms with van der Waals surface area (Å²) < 4.78 is 12.0. The largest absolute Gasteiger partial charge is 0.516 e. The van der Waals surface area contributed by atoms with Gasteiger partial charge in [-0.1, -0.05) is 0 Å². The molecule has 114 valence electrons. The van der Waals surface area contributed by atoms with Gasteiger partial charge in [-0.2, -0.15) is 0 Å². The SMILES string of the molecule is CC1(C)OB(c2cnc(C3CCNCC3)cn2)OC1(C)C. The van der Waals surface area contributed by atoms with Gasteiger partial charge in [-0.05, 0) is 53.6 Å². The van der Waals surface area contributed by atoms with E-state index in [9.17, 15) is 0 Å². The molecule has 0 amide bonds. The highest BCUT2D eigenvalue weighted by atomic mass is 16.7. The second kappa shape index (κ2) is 5.34. The number of nitrogens with zero attached hydrogens (tertiary/aromatic N) is 2. The molecule has 0 aliphatic carbocycles. The summed E-state index contributed by atoms with van der Waals surface area (Å²) in [6, 6.07) is 0. The minimum absolute atomic E-state index is 0.340. The van der Waals surface area contributed by atoms with E-state index in [0.29, 0.717) is 5.92 Å². The summed E-state index contributed by atoms with van der Waals surface area (Å²) in [6.45, 7) is 10.3. The Morgan fingerprint density at radius 1 is 1.05 bits per heavy atom. The average Bonchev–Trinajstić information content (AvgIpc) is 2.69. The van der Waals surface area contributed by atoms with E-state index in [2.05, 4.69) is 15.3 Å². The molecule has 2 fully saturated rings. The van der Waals surface area contributed by atoms with Crippen molar-refractivity contribution in [3.63, 3.8) is 0 Å². The molecule has 0 spiro atoms. The van der Waals surface area contributed by atoms with Crippen molar-refractivity contribution >= 4 is 12.7 Å². The molecule has 1 aromatic rings. The Morgan fingerprint density at radius 2 is 1.67 bits per heavy atom. The Balaban J connectivity index is 1.73. The fourth-order valence-corrected chi connectivity index (χ4v) is 2.76. The molecule has 21 heavy (non-hydrogen) atoms. The maximum absolute atomic E-state index is 6.00. The van der Waals surface area contributed by atoms with Gasteiger partial charge in [0, 0.05) is 18.3 Å². The van der Waals surface area contributed by atoms with Gasteiger partial charge >= 0.3 is 7.12 Å². The first-order valence-corrected chi connectivity index (χ1v) is 7.77. The first kappa shape index (κ1) is 14.9. The maximum atomic E-state index is 6.00. The van der Waals surface area contributed by atoms with Gasteiger partial charge in [0.15, 0.2) is 0 Å².